The van der Waals surface area contributed by atoms with Gasteiger partial charge in [0.25, 0.3) is 5.91 Å². The van der Waals surface area contributed by atoms with Crippen LogP contribution in [0.3, 0.4) is 0 Å². The first kappa shape index (κ1) is 24.6. The Morgan fingerprint density at radius 1 is 1.11 bits per heavy atom. The summed E-state index contributed by atoms with van der Waals surface area (Å²) < 4.78 is 29.7. The molecule has 0 radical (unpaired) electrons. The van der Waals surface area contributed by atoms with Crippen LogP contribution in [0, 0.1) is 11.2 Å². The van der Waals surface area contributed by atoms with E-state index in [9.17, 15) is 9.18 Å². The Balaban J connectivity index is 1.20. The number of rotatable bonds is 4. The Morgan fingerprint density at radius 2 is 1.86 bits per heavy atom. The van der Waals surface area contributed by atoms with E-state index >= 15 is 4.39 Å². The van der Waals surface area contributed by atoms with Crippen LogP contribution in [0.25, 0.3) is 0 Å². The van der Waals surface area contributed by atoms with Crippen molar-refractivity contribution in [2.45, 2.75) is 50.7 Å². The fraction of sp³-hybridized carbons (Fsp3) is 0.519. The van der Waals surface area contributed by atoms with Crippen LogP contribution in [0.5, 0.6) is 0 Å². The maximum atomic E-state index is 15.8. The number of hydrogen-bond acceptors (Lipinski definition) is 6. The molecule has 1 spiro atoms. The number of carbonyl (C=O) groups is 1. The van der Waals surface area contributed by atoms with Crippen molar-refractivity contribution in [3.8, 4) is 0 Å². The van der Waals surface area contributed by atoms with Gasteiger partial charge in [0, 0.05) is 57.3 Å². The minimum absolute atomic E-state index is 0.0851. The normalized spacial score (nSPS) is 22.4. The van der Waals surface area contributed by atoms with Gasteiger partial charge in [-0.1, -0.05) is 11.2 Å². The predicted molar refractivity (Wildman–Crippen MR) is 134 cm³/mol. The quantitative estimate of drug-likeness (QED) is 0.651. The number of piperidine rings is 2. The number of hydrogen-bond donors (Lipinski definition) is 1. The molecule has 3 heterocycles. The summed E-state index contributed by atoms with van der Waals surface area (Å²) in [6, 6.07) is 8.55. The largest absolute Gasteiger partial charge is 0.399 e. The zero-order valence-corrected chi connectivity index (χ0v) is 20.7. The maximum absolute atomic E-state index is 15.8. The lowest BCUT2D eigenvalue weighted by Crippen LogP contribution is -2.55. The molecule has 2 saturated heterocycles. The molecule has 2 N–H and O–H groups in total. The summed E-state index contributed by atoms with van der Waals surface area (Å²) in [4.78, 5) is 26.2. The molecule has 36 heavy (non-hydrogen) atoms. The second-order valence-electron chi connectivity index (χ2n) is 10.5. The Bertz CT molecular complexity index is 1150. The molecule has 2 aromatic rings. The van der Waals surface area contributed by atoms with Gasteiger partial charge < -0.3 is 15.5 Å². The summed E-state index contributed by atoms with van der Waals surface area (Å²) in [6.07, 6.45) is 5.02. The molecule has 0 saturated carbocycles. The number of fused-ring (bicyclic) bond motifs is 1. The van der Waals surface area contributed by atoms with Gasteiger partial charge in [0.05, 0.1) is 5.71 Å². The first-order chi connectivity index (χ1) is 17.3. The third kappa shape index (κ3) is 4.93. The van der Waals surface area contributed by atoms with E-state index in [2.05, 4.69) is 15.0 Å². The highest BCUT2D eigenvalue weighted by atomic mass is 19.1. The van der Waals surface area contributed by atoms with Crippen LogP contribution < -0.4 is 5.73 Å². The number of benzene rings is 1. The summed E-state index contributed by atoms with van der Waals surface area (Å²) in [6.45, 7) is 2.74. The molecule has 1 aromatic heterocycles. The van der Waals surface area contributed by atoms with E-state index in [1.54, 1.807) is 11.1 Å². The van der Waals surface area contributed by atoms with Gasteiger partial charge in [-0.25, -0.2) is 13.8 Å². The highest BCUT2D eigenvalue weighted by Crippen LogP contribution is 2.44. The van der Waals surface area contributed by atoms with Crippen molar-refractivity contribution in [3.05, 3.63) is 59.0 Å². The lowest BCUT2D eigenvalue weighted by molar-refractivity contribution is -0.150. The van der Waals surface area contributed by atoms with Gasteiger partial charge in [-0.05, 0) is 66.5 Å². The number of likely N-dealkylation sites (tertiary alicyclic amines) is 2. The first-order valence-corrected chi connectivity index (χ1v) is 12.6. The molecule has 5 rings (SSSR count). The summed E-state index contributed by atoms with van der Waals surface area (Å²) in [5.74, 6) is -0.205. The maximum Gasteiger partial charge on any atom is 0.260 e. The molecule has 2 aliphatic heterocycles. The van der Waals surface area contributed by atoms with E-state index < -0.39 is 5.67 Å². The molecule has 3 aliphatic rings. The number of nitrogens with two attached hydrogens (primary N) is 1. The number of anilines is 1. The van der Waals surface area contributed by atoms with E-state index in [0.29, 0.717) is 45.0 Å². The SMILES string of the molecule is CON=C1CC2(CCN(C(=O)C3(F)CCN(Cc4ccnc(N)c4)CC3)CC2)Cc2ccc(F)cc21. The molecule has 192 valence electrons. The van der Waals surface area contributed by atoms with Gasteiger partial charge >= 0.3 is 0 Å². The monoisotopic (exact) mass is 497 g/mol. The average molecular weight is 498 g/mol. The van der Waals surface area contributed by atoms with E-state index in [4.69, 9.17) is 10.6 Å². The summed E-state index contributed by atoms with van der Waals surface area (Å²) >= 11 is 0. The van der Waals surface area contributed by atoms with Crippen molar-refractivity contribution >= 4 is 17.4 Å². The van der Waals surface area contributed by atoms with Crippen LogP contribution in [-0.4, -0.2) is 65.4 Å². The Kier molecular flexibility index (Phi) is 6.68. The molecule has 2 fully saturated rings. The van der Waals surface area contributed by atoms with Gasteiger partial charge in [-0.15, -0.1) is 0 Å². The highest BCUT2D eigenvalue weighted by molar-refractivity contribution is 6.03. The summed E-state index contributed by atoms with van der Waals surface area (Å²) in [7, 11) is 1.49. The second-order valence-corrected chi connectivity index (χ2v) is 10.5. The lowest BCUT2D eigenvalue weighted by Gasteiger charge is -2.46. The zero-order chi connectivity index (χ0) is 25.3. The van der Waals surface area contributed by atoms with E-state index in [-0.39, 0.29) is 30.0 Å². The third-order valence-electron chi connectivity index (χ3n) is 8.09. The average Bonchev–Trinajstić information content (AvgIpc) is 2.86. The molecule has 1 amide bonds. The molecule has 9 heteroatoms. The molecule has 0 atom stereocenters. The number of amides is 1. The van der Waals surface area contributed by atoms with Crippen LogP contribution in [0.1, 0.15) is 48.8 Å². The molecular formula is C27H33F2N5O2. The van der Waals surface area contributed by atoms with Crippen molar-refractivity contribution in [2.75, 3.05) is 39.0 Å². The zero-order valence-electron chi connectivity index (χ0n) is 20.7. The standard InChI is InChI=1S/C27H33F2N5O2/c1-36-32-23-17-26(16-20-2-3-21(28)15-22(20)23)5-12-34(13-6-26)25(35)27(29)7-10-33(11-8-27)18-19-4-9-31-24(30)14-19/h2-4,9,14-15H,5-8,10-13,16-18H2,1H3,(H2,30,31). The van der Waals surface area contributed by atoms with Gasteiger partial charge in [-0.3, -0.25) is 9.69 Å². The lowest BCUT2D eigenvalue weighted by atomic mass is 9.65. The Hall–Kier alpha value is -3.07. The third-order valence-corrected chi connectivity index (χ3v) is 8.09. The van der Waals surface area contributed by atoms with Crippen LogP contribution in [0.15, 0.2) is 41.7 Å². The number of pyridine rings is 1. The van der Waals surface area contributed by atoms with Gasteiger partial charge in [-0.2, -0.15) is 0 Å². The molecule has 0 bridgehead atoms. The van der Waals surface area contributed by atoms with Crippen LogP contribution in [0.2, 0.25) is 0 Å². The van der Waals surface area contributed by atoms with Crippen molar-refractivity contribution < 1.29 is 18.4 Å². The van der Waals surface area contributed by atoms with Gasteiger partial charge in [0.2, 0.25) is 0 Å². The fourth-order valence-corrected chi connectivity index (χ4v) is 6.03. The number of halogens is 2. The summed E-state index contributed by atoms with van der Waals surface area (Å²) in [5.41, 5.74) is 7.48. The van der Waals surface area contributed by atoms with E-state index in [1.807, 2.05) is 18.2 Å². The van der Waals surface area contributed by atoms with E-state index in [1.165, 1.54) is 19.2 Å². The molecule has 7 nitrogen and oxygen atoms in total. The number of nitrogens with zero attached hydrogens (tertiary/aromatic N) is 4. The number of carbonyl (C=O) groups excluding carboxylic acids is 1. The number of oxime groups is 1. The topological polar surface area (TPSA) is 84.0 Å². The summed E-state index contributed by atoms with van der Waals surface area (Å²) in [5, 5.41) is 4.19. The molecule has 1 aromatic carbocycles. The fourth-order valence-electron chi connectivity index (χ4n) is 6.03. The number of alkyl halides is 1. The van der Waals surface area contributed by atoms with Crippen molar-refractivity contribution in [1.29, 1.82) is 0 Å². The van der Waals surface area contributed by atoms with Gasteiger partial charge in [0.15, 0.2) is 5.67 Å². The highest BCUT2D eigenvalue weighted by Gasteiger charge is 2.47. The first-order valence-electron chi connectivity index (χ1n) is 12.6. The van der Waals surface area contributed by atoms with Crippen LogP contribution in [-0.2, 0) is 22.6 Å². The van der Waals surface area contributed by atoms with Gasteiger partial charge in [0.1, 0.15) is 18.7 Å². The molecular weight excluding hydrogens is 464 g/mol. The van der Waals surface area contributed by atoms with Crippen LogP contribution >= 0.6 is 0 Å². The van der Waals surface area contributed by atoms with Crippen LogP contribution in [0.4, 0.5) is 14.6 Å². The number of aromatic nitrogens is 1. The molecule has 0 unspecified atom stereocenters. The minimum atomic E-state index is -1.82. The van der Waals surface area contributed by atoms with Crippen molar-refractivity contribution in [3.63, 3.8) is 0 Å². The van der Waals surface area contributed by atoms with Crippen molar-refractivity contribution in [1.82, 2.24) is 14.8 Å². The Morgan fingerprint density at radius 3 is 2.56 bits per heavy atom. The smallest absolute Gasteiger partial charge is 0.260 e. The predicted octanol–water partition coefficient (Wildman–Crippen LogP) is 3.71. The second kappa shape index (κ2) is 9.76. The Labute approximate surface area is 210 Å². The van der Waals surface area contributed by atoms with Crippen molar-refractivity contribution in [2.24, 2.45) is 10.6 Å². The molecule has 1 aliphatic carbocycles. The number of nitrogen functional groups attached to an aromatic ring is 1. The minimum Gasteiger partial charge on any atom is -0.399 e. The van der Waals surface area contributed by atoms with E-state index in [0.717, 1.165) is 41.7 Å².